The number of piperidine rings is 1. The zero-order valence-corrected chi connectivity index (χ0v) is 14.2. The first-order valence-electron chi connectivity index (χ1n) is 8.43. The molecule has 0 aromatic carbocycles. The molecule has 2 fully saturated rings. The van der Waals surface area contributed by atoms with Crippen molar-refractivity contribution >= 4 is 5.97 Å². The van der Waals surface area contributed by atoms with Crippen molar-refractivity contribution in [1.82, 2.24) is 15.3 Å². The highest BCUT2D eigenvalue weighted by Crippen LogP contribution is 2.39. The number of halogens is 3. The fourth-order valence-electron chi connectivity index (χ4n) is 3.33. The molecule has 2 aliphatic rings. The van der Waals surface area contributed by atoms with Crippen molar-refractivity contribution in [3.63, 3.8) is 0 Å². The van der Waals surface area contributed by atoms with Gasteiger partial charge < -0.3 is 14.2 Å². The zero-order valence-electron chi connectivity index (χ0n) is 14.2. The van der Waals surface area contributed by atoms with Crippen LogP contribution in [0.15, 0.2) is 12.4 Å². The average Bonchev–Trinajstić information content (AvgIpc) is 2.88. The molecule has 0 spiro atoms. The summed E-state index contributed by atoms with van der Waals surface area (Å²) in [6, 6.07) is -0.0695. The molecule has 2 bridgehead atoms. The maximum Gasteiger partial charge on any atom is 0.490 e. The van der Waals surface area contributed by atoms with Crippen LogP contribution in [0.4, 0.5) is 13.2 Å². The van der Waals surface area contributed by atoms with Crippen molar-refractivity contribution in [2.24, 2.45) is 0 Å². The lowest BCUT2D eigenvalue weighted by atomic mass is 9.99. The minimum absolute atomic E-state index is 0.0695. The summed E-state index contributed by atoms with van der Waals surface area (Å²) < 4.78 is 53.3. The summed E-state index contributed by atoms with van der Waals surface area (Å²) in [4.78, 5) is 19.6. The van der Waals surface area contributed by atoms with Gasteiger partial charge in [0.25, 0.3) is 0 Å². The van der Waals surface area contributed by atoms with Gasteiger partial charge in [-0.1, -0.05) is 0 Å². The normalized spacial score (nSPS) is 28.0. The van der Waals surface area contributed by atoms with Gasteiger partial charge in [-0.15, -0.1) is 0 Å². The molecular weight excluding hydrogens is 355 g/mol. The third kappa shape index (κ3) is 4.42. The number of fused-ring (bicyclic) bond motifs is 2. The van der Waals surface area contributed by atoms with E-state index in [1.54, 1.807) is 0 Å². The predicted octanol–water partition coefficient (Wildman–Crippen LogP) is 2.11. The standard InChI is InChI=1S/C16H20F3N3O4/c1-2-24-9-11-7-21-13(8-20-11)25-12-5-10-3-4-15(6-12,22-10)26-14(23)16(17,18)19/h7-8,10,12,22H,2-6,9H2,1H3/t10-,12+,15+/m0/s1. The second kappa shape index (κ2) is 7.36. The van der Waals surface area contributed by atoms with Crippen LogP contribution >= 0.6 is 0 Å². The van der Waals surface area contributed by atoms with E-state index >= 15 is 0 Å². The maximum absolute atomic E-state index is 12.5. The molecule has 1 aromatic rings. The minimum atomic E-state index is -5.02. The fraction of sp³-hybridized carbons (Fsp3) is 0.688. The number of alkyl halides is 3. The fourth-order valence-corrected chi connectivity index (χ4v) is 3.33. The summed E-state index contributed by atoms with van der Waals surface area (Å²) in [7, 11) is 0. The van der Waals surface area contributed by atoms with Gasteiger partial charge in [0.15, 0.2) is 5.72 Å². The van der Waals surface area contributed by atoms with E-state index in [2.05, 4.69) is 15.3 Å². The highest BCUT2D eigenvalue weighted by atomic mass is 19.4. The summed E-state index contributed by atoms with van der Waals surface area (Å²) in [6.45, 7) is 2.78. The van der Waals surface area contributed by atoms with E-state index in [0.29, 0.717) is 38.2 Å². The van der Waals surface area contributed by atoms with Crippen LogP contribution in [0.2, 0.25) is 0 Å². The average molecular weight is 375 g/mol. The first-order chi connectivity index (χ1) is 12.3. The monoisotopic (exact) mass is 375 g/mol. The Morgan fingerprint density at radius 2 is 2.19 bits per heavy atom. The summed E-state index contributed by atoms with van der Waals surface area (Å²) in [5.41, 5.74) is -0.692. The first-order valence-corrected chi connectivity index (χ1v) is 8.43. The van der Waals surface area contributed by atoms with E-state index in [1.165, 1.54) is 12.4 Å². The molecule has 0 radical (unpaired) electrons. The number of hydrogen-bond donors (Lipinski definition) is 1. The Labute approximate surface area is 148 Å². The number of aromatic nitrogens is 2. The van der Waals surface area contributed by atoms with Crippen molar-refractivity contribution in [2.45, 2.75) is 63.3 Å². The van der Waals surface area contributed by atoms with E-state index in [9.17, 15) is 18.0 Å². The van der Waals surface area contributed by atoms with Gasteiger partial charge in [0, 0.05) is 31.9 Å². The van der Waals surface area contributed by atoms with E-state index < -0.39 is 24.0 Å². The number of rotatable bonds is 6. The largest absolute Gasteiger partial charge is 0.490 e. The van der Waals surface area contributed by atoms with Crippen LogP contribution in [-0.4, -0.2) is 46.6 Å². The molecule has 7 nitrogen and oxygen atoms in total. The van der Waals surface area contributed by atoms with Crippen LogP contribution in [0.1, 0.15) is 38.3 Å². The smallest absolute Gasteiger partial charge is 0.473 e. The molecule has 0 saturated carbocycles. The number of esters is 1. The number of nitrogens with zero attached hydrogens (tertiary/aromatic N) is 2. The summed E-state index contributed by atoms with van der Waals surface area (Å²) in [5, 5.41) is 2.98. The number of ether oxygens (including phenoxy) is 3. The number of carbonyl (C=O) groups is 1. The van der Waals surface area contributed by atoms with E-state index in [0.717, 1.165) is 0 Å². The molecule has 1 N–H and O–H groups in total. The van der Waals surface area contributed by atoms with E-state index in [1.807, 2.05) is 6.92 Å². The lowest BCUT2D eigenvalue weighted by Crippen LogP contribution is -2.56. The Morgan fingerprint density at radius 1 is 1.38 bits per heavy atom. The van der Waals surface area contributed by atoms with Gasteiger partial charge in [-0.05, 0) is 13.3 Å². The summed E-state index contributed by atoms with van der Waals surface area (Å²) >= 11 is 0. The van der Waals surface area contributed by atoms with Crippen LogP contribution in [0.3, 0.4) is 0 Å². The third-order valence-corrected chi connectivity index (χ3v) is 4.41. The van der Waals surface area contributed by atoms with Gasteiger partial charge in [0.05, 0.1) is 24.7 Å². The Hall–Kier alpha value is -1.94. The maximum atomic E-state index is 12.5. The molecule has 3 atom stereocenters. The van der Waals surface area contributed by atoms with Gasteiger partial charge in [0.2, 0.25) is 5.88 Å². The Kier molecular flexibility index (Phi) is 5.33. The molecule has 1 aromatic heterocycles. The lowest BCUT2D eigenvalue weighted by Gasteiger charge is -2.38. The number of hydrogen-bond acceptors (Lipinski definition) is 7. The molecule has 26 heavy (non-hydrogen) atoms. The molecule has 0 aliphatic carbocycles. The first kappa shape index (κ1) is 18.8. The van der Waals surface area contributed by atoms with Gasteiger partial charge in [0.1, 0.15) is 6.10 Å². The molecule has 3 rings (SSSR count). The van der Waals surface area contributed by atoms with Crippen LogP contribution in [-0.2, 0) is 20.9 Å². The van der Waals surface area contributed by atoms with Crippen molar-refractivity contribution < 1.29 is 32.2 Å². The number of carbonyl (C=O) groups excluding carboxylic acids is 1. The van der Waals surface area contributed by atoms with Gasteiger partial charge in [-0.25, -0.2) is 9.78 Å². The van der Waals surface area contributed by atoms with Crippen molar-refractivity contribution in [3.05, 3.63) is 18.1 Å². The van der Waals surface area contributed by atoms with Crippen LogP contribution in [0, 0.1) is 0 Å². The second-order valence-corrected chi connectivity index (χ2v) is 6.42. The summed E-state index contributed by atoms with van der Waals surface area (Å²) in [5.74, 6) is -1.92. The molecule has 10 heteroatoms. The highest BCUT2D eigenvalue weighted by Gasteiger charge is 2.53. The van der Waals surface area contributed by atoms with Crippen molar-refractivity contribution in [3.8, 4) is 5.88 Å². The third-order valence-electron chi connectivity index (χ3n) is 4.41. The molecule has 2 aliphatic heterocycles. The lowest BCUT2D eigenvalue weighted by molar-refractivity contribution is -0.219. The van der Waals surface area contributed by atoms with Crippen LogP contribution < -0.4 is 10.1 Å². The second-order valence-electron chi connectivity index (χ2n) is 6.42. The topological polar surface area (TPSA) is 82.6 Å². The molecule has 0 unspecified atom stereocenters. The molecule has 0 amide bonds. The van der Waals surface area contributed by atoms with Crippen molar-refractivity contribution in [1.29, 1.82) is 0 Å². The quantitative estimate of drug-likeness (QED) is 0.763. The Balaban J connectivity index is 1.62. The van der Waals surface area contributed by atoms with E-state index in [4.69, 9.17) is 14.2 Å². The van der Waals surface area contributed by atoms with E-state index in [-0.39, 0.29) is 18.3 Å². The zero-order chi connectivity index (χ0) is 18.8. The Morgan fingerprint density at radius 3 is 2.85 bits per heavy atom. The highest BCUT2D eigenvalue weighted by molar-refractivity contribution is 5.76. The van der Waals surface area contributed by atoms with Gasteiger partial charge in [-0.2, -0.15) is 13.2 Å². The molecule has 144 valence electrons. The van der Waals surface area contributed by atoms with Gasteiger partial charge in [-0.3, -0.25) is 10.3 Å². The SMILES string of the molecule is CCOCc1cnc(O[C@@H]2C[C@@H]3CC[C@@](OC(=O)C(F)(F)F)(C2)N3)cn1. The Bertz CT molecular complexity index is 641. The van der Waals surface area contributed by atoms with Crippen molar-refractivity contribution in [2.75, 3.05) is 6.61 Å². The van der Waals surface area contributed by atoms with Crippen LogP contribution in [0.25, 0.3) is 0 Å². The molecule has 3 heterocycles. The molecular formula is C16H20F3N3O4. The summed E-state index contributed by atoms with van der Waals surface area (Å²) in [6.07, 6.45) is -0.822. The van der Waals surface area contributed by atoms with Gasteiger partial charge >= 0.3 is 12.1 Å². The van der Waals surface area contributed by atoms with Crippen LogP contribution in [0.5, 0.6) is 5.88 Å². The minimum Gasteiger partial charge on any atom is -0.473 e. The predicted molar refractivity (Wildman–Crippen MR) is 82.0 cm³/mol. The number of nitrogens with one attached hydrogen (secondary N) is 1. The molecule has 2 saturated heterocycles.